The molecule has 2 amide bonds. The molecule has 3 aromatic rings. The number of rotatable bonds is 11. The van der Waals surface area contributed by atoms with Crippen molar-refractivity contribution in [1.29, 1.82) is 0 Å². The van der Waals surface area contributed by atoms with Crippen LogP contribution in [0.5, 0.6) is 11.5 Å². The summed E-state index contributed by atoms with van der Waals surface area (Å²) in [6.07, 6.45) is 2.37. The lowest BCUT2D eigenvalue weighted by Crippen LogP contribution is -2.39. The van der Waals surface area contributed by atoms with Gasteiger partial charge in [-0.15, -0.1) is 0 Å². The first-order chi connectivity index (χ1) is 20.2. The third-order valence-corrected chi connectivity index (χ3v) is 10.2. The fraction of sp³-hybridized carbons (Fsp3) is 0.323. The predicted octanol–water partition coefficient (Wildman–Crippen LogP) is 3.68. The minimum absolute atomic E-state index is 0.161. The van der Waals surface area contributed by atoms with E-state index < -0.39 is 39.0 Å². The fourth-order valence-corrected chi connectivity index (χ4v) is 7.46. The average molecular weight is 592 g/mol. The van der Waals surface area contributed by atoms with E-state index in [1.807, 2.05) is 0 Å². The van der Waals surface area contributed by atoms with Crippen LogP contribution in [0, 0.1) is 5.92 Å². The Hall–Kier alpha value is -4.38. The van der Waals surface area contributed by atoms with Crippen LogP contribution in [0.1, 0.15) is 52.8 Å². The Kier molecular flexibility index (Phi) is 8.22. The zero-order valence-electron chi connectivity index (χ0n) is 23.4. The van der Waals surface area contributed by atoms with Gasteiger partial charge in [0.15, 0.2) is 21.3 Å². The van der Waals surface area contributed by atoms with Gasteiger partial charge in [-0.2, -0.15) is 0 Å². The summed E-state index contributed by atoms with van der Waals surface area (Å²) in [5.41, 5.74) is 7.20. The van der Waals surface area contributed by atoms with Crippen LogP contribution in [0.25, 0.3) is 0 Å². The van der Waals surface area contributed by atoms with Crippen LogP contribution in [0.3, 0.4) is 0 Å². The topological polar surface area (TPSA) is 145 Å². The SMILES string of the molecule is COc1ccc([C@@H](Nc2cccc(C(N)=O)c2)C(=O)N2CC[C@H](C=O)[C@@H]2c2ccccc2S(=O)(=O)C2CC2)cc1OC. The van der Waals surface area contributed by atoms with Crippen LogP contribution >= 0.6 is 0 Å². The molecule has 1 saturated heterocycles. The van der Waals surface area contributed by atoms with E-state index in [9.17, 15) is 22.8 Å². The normalized spacial score (nSPS) is 19.1. The largest absolute Gasteiger partial charge is 0.493 e. The van der Waals surface area contributed by atoms with E-state index >= 15 is 0 Å². The molecule has 1 aliphatic carbocycles. The second-order valence-corrected chi connectivity index (χ2v) is 12.7. The minimum Gasteiger partial charge on any atom is -0.493 e. The van der Waals surface area contributed by atoms with Gasteiger partial charge in [-0.05, 0) is 66.8 Å². The van der Waals surface area contributed by atoms with Gasteiger partial charge in [-0.3, -0.25) is 9.59 Å². The highest BCUT2D eigenvalue weighted by atomic mass is 32.2. The van der Waals surface area contributed by atoms with E-state index in [4.69, 9.17) is 15.2 Å². The minimum atomic E-state index is -3.61. The van der Waals surface area contributed by atoms with Gasteiger partial charge in [-0.25, -0.2) is 8.42 Å². The first kappa shape index (κ1) is 29.1. The van der Waals surface area contributed by atoms with Crippen molar-refractivity contribution in [3.05, 3.63) is 83.4 Å². The van der Waals surface area contributed by atoms with E-state index in [-0.39, 0.29) is 22.9 Å². The molecular formula is C31H33N3O7S. The molecule has 0 bridgehead atoms. The number of carbonyl (C=O) groups excluding carboxylic acids is 3. The average Bonchev–Trinajstić information content (AvgIpc) is 3.79. The summed E-state index contributed by atoms with van der Waals surface area (Å²) in [6.45, 7) is 0.248. The van der Waals surface area contributed by atoms with Crippen molar-refractivity contribution in [1.82, 2.24) is 4.90 Å². The number of hydrogen-bond donors (Lipinski definition) is 2. The molecule has 42 heavy (non-hydrogen) atoms. The third kappa shape index (κ3) is 5.56. The maximum absolute atomic E-state index is 14.5. The molecule has 0 unspecified atom stereocenters. The second-order valence-electron chi connectivity index (χ2n) is 10.5. The summed E-state index contributed by atoms with van der Waals surface area (Å²) >= 11 is 0. The molecule has 3 atom stereocenters. The molecule has 3 aromatic carbocycles. The van der Waals surface area contributed by atoms with Crippen LogP contribution in [-0.4, -0.2) is 57.4 Å². The molecule has 5 rings (SSSR count). The maximum Gasteiger partial charge on any atom is 0.250 e. The molecule has 0 aromatic heterocycles. The first-order valence-electron chi connectivity index (χ1n) is 13.7. The number of amides is 2. The number of methoxy groups -OCH3 is 2. The Labute approximate surface area is 244 Å². The van der Waals surface area contributed by atoms with Crippen LogP contribution < -0.4 is 20.5 Å². The number of nitrogens with one attached hydrogen (secondary N) is 1. The van der Waals surface area contributed by atoms with E-state index in [1.165, 1.54) is 14.2 Å². The van der Waals surface area contributed by atoms with Crippen molar-refractivity contribution in [3.63, 3.8) is 0 Å². The molecule has 1 aliphatic heterocycles. The lowest BCUT2D eigenvalue weighted by Gasteiger charge is -2.32. The fourth-order valence-electron chi connectivity index (χ4n) is 5.56. The lowest BCUT2D eigenvalue weighted by molar-refractivity contribution is -0.133. The number of carbonyl (C=O) groups is 3. The van der Waals surface area contributed by atoms with Crippen LogP contribution in [-0.2, 0) is 19.4 Å². The molecule has 10 nitrogen and oxygen atoms in total. The monoisotopic (exact) mass is 591 g/mol. The van der Waals surface area contributed by atoms with Gasteiger partial charge in [0.05, 0.1) is 30.4 Å². The van der Waals surface area contributed by atoms with E-state index in [2.05, 4.69) is 5.32 Å². The standard InChI is InChI=1S/C31H33N3O7S/c1-40-25-13-10-19(17-26(25)41-2)28(33-22-7-5-6-20(16-22)30(32)36)31(37)34-15-14-21(18-35)29(34)24-8-3-4-9-27(24)42(38,39)23-11-12-23/h3-10,13,16-18,21,23,28-29,33H,11-12,14-15H2,1-2H3,(H2,32,36)/t21-,28-,29-/m1/s1. The molecule has 3 N–H and O–H groups in total. The van der Waals surface area contributed by atoms with E-state index in [0.29, 0.717) is 47.6 Å². The van der Waals surface area contributed by atoms with Gasteiger partial charge in [-0.1, -0.05) is 30.3 Å². The molecule has 2 aliphatic rings. The summed E-state index contributed by atoms with van der Waals surface area (Å²) < 4.78 is 37.6. The Morgan fingerprint density at radius 2 is 1.71 bits per heavy atom. The number of nitrogens with two attached hydrogens (primary N) is 1. The summed E-state index contributed by atoms with van der Waals surface area (Å²) in [7, 11) is -0.609. The van der Waals surface area contributed by atoms with Crippen molar-refractivity contribution >= 4 is 33.6 Å². The lowest BCUT2D eigenvalue weighted by atomic mass is 9.94. The Morgan fingerprint density at radius 3 is 2.38 bits per heavy atom. The Morgan fingerprint density at radius 1 is 0.976 bits per heavy atom. The second kappa shape index (κ2) is 11.8. The van der Waals surface area contributed by atoms with Gasteiger partial charge in [0.2, 0.25) is 11.8 Å². The van der Waals surface area contributed by atoms with Gasteiger partial charge < -0.3 is 30.2 Å². The van der Waals surface area contributed by atoms with Gasteiger partial charge in [0.25, 0.3) is 0 Å². The van der Waals surface area contributed by atoms with Gasteiger partial charge in [0, 0.05) is 23.7 Å². The molecule has 220 valence electrons. The number of nitrogens with zero attached hydrogens (tertiary/aromatic N) is 1. The molecule has 2 fully saturated rings. The molecule has 11 heteroatoms. The Balaban J connectivity index is 1.59. The highest BCUT2D eigenvalue weighted by Crippen LogP contribution is 2.44. The third-order valence-electron chi connectivity index (χ3n) is 7.86. The zero-order valence-corrected chi connectivity index (χ0v) is 24.2. The van der Waals surface area contributed by atoms with Crippen LogP contribution in [0.2, 0.25) is 0 Å². The number of sulfone groups is 1. The summed E-state index contributed by atoms with van der Waals surface area (Å²) in [6, 6.07) is 16.4. The number of aldehydes is 1. The highest BCUT2D eigenvalue weighted by molar-refractivity contribution is 7.92. The van der Waals surface area contributed by atoms with Crippen molar-refractivity contribution in [2.75, 3.05) is 26.1 Å². The molecular weight excluding hydrogens is 558 g/mol. The van der Waals surface area contributed by atoms with E-state index in [1.54, 1.807) is 71.6 Å². The van der Waals surface area contributed by atoms with Crippen molar-refractivity contribution < 1.29 is 32.3 Å². The molecule has 1 saturated carbocycles. The molecule has 0 radical (unpaired) electrons. The van der Waals surface area contributed by atoms with Crippen LogP contribution in [0.4, 0.5) is 5.69 Å². The number of benzene rings is 3. The van der Waals surface area contributed by atoms with Crippen molar-refractivity contribution in [3.8, 4) is 11.5 Å². The number of anilines is 1. The smallest absolute Gasteiger partial charge is 0.250 e. The molecule has 1 heterocycles. The molecule has 0 spiro atoms. The quantitative estimate of drug-likeness (QED) is 0.321. The summed E-state index contributed by atoms with van der Waals surface area (Å²) in [5.74, 6) is -0.699. The van der Waals surface area contributed by atoms with E-state index in [0.717, 1.165) is 6.29 Å². The van der Waals surface area contributed by atoms with Gasteiger partial charge >= 0.3 is 0 Å². The number of primary amides is 1. The first-order valence-corrected chi connectivity index (χ1v) is 15.2. The number of ether oxygens (including phenoxy) is 2. The van der Waals surface area contributed by atoms with Crippen molar-refractivity contribution in [2.45, 2.75) is 41.5 Å². The highest BCUT2D eigenvalue weighted by Gasteiger charge is 2.45. The summed E-state index contributed by atoms with van der Waals surface area (Å²) in [5, 5.41) is 2.79. The number of hydrogen-bond acceptors (Lipinski definition) is 8. The van der Waals surface area contributed by atoms with Crippen molar-refractivity contribution in [2.24, 2.45) is 11.7 Å². The maximum atomic E-state index is 14.5. The van der Waals surface area contributed by atoms with Crippen LogP contribution in [0.15, 0.2) is 71.6 Å². The Bertz CT molecular complexity index is 1620. The summed E-state index contributed by atoms with van der Waals surface area (Å²) in [4.78, 5) is 40.4. The zero-order chi connectivity index (χ0) is 30.0. The number of likely N-dealkylation sites (tertiary alicyclic amines) is 1. The van der Waals surface area contributed by atoms with Gasteiger partial charge in [0.1, 0.15) is 12.3 Å². The predicted molar refractivity (Wildman–Crippen MR) is 156 cm³/mol.